The second-order valence-corrected chi connectivity index (χ2v) is 7.52. The Labute approximate surface area is 193 Å². The lowest BCUT2D eigenvalue weighted by Gasteiger charge is -2.31. The van der Waals surface area contributed by atoms with Gasteiger partial charge >= 0.3 is 36.1 Å². The Morgan fingerprint density at radius 2 is 1.29 bits per heavy atom. The third kappa shape index (κ3) is 11.4. The van der Waals surface area contributed by atoms with Crippen molar-refractivity contribution in [1.82, 2.24) is 0 Å². The van der Waals surface area contributed by atoms with Crippen molar-refractivity contribution in [2.24, 2.45) is 0 Å². The largest absolute Gasteiger partial charge is 0.466 e. The average Bonchev–Trinajstić information content (AvgIpc) is 2.75. The van der Waals surface area contributed by atoms with Crippen molar-refractivity contribution in [3.8, 4) is 11.8 Å². The van der Waals surface area contributed by atoms with E-state index in [4.69, 9.17) is 4.74 Å². The van der Waals surface area contributed by atoms with Crippen LogP contribution in [-0.2, 0) is 19.1 Å². The van der Waals surface area contributed by atoms with Gasteiger partial charge in [-0.1, -0.05) is 32.6 Å². The predicted molar refractivity (Wildman–Crippen MR) is 107 cm³/mol. The zero-order valence-electron chi connectivity index (χ0n) is 18.9. The monoisotopic (exact) mass is 510 g/mol. The molecule has 0 aromatic rings. The number of ether oxygens (including phenoxy) is 2. The van der Waals surface area contributed by atoms with E-state index in [1.165, 1.54) is 0 Å². The fraction of sp³-hybridized carbons (Fsp3) is 0.818. The molecule has 34 heavy (non-hydrogen) atoms. The van der Waals surface area contributed by atoms with Crippen LogP contribution >= 0.6 is 0 Å². The minimum absolute atomic E-state index is 0.158. The van der Waals surface area contributed by atoms with Crippen LogP contribution in [0.3, 0.4) is 0 Å². The molecule has 0 radical (unpaired) electrons. The van der Waals surface area contributed by atoms with E-state index in [-0.39, 0.29) is 19.4 Å². The summed E-state index contributed by atoms with van der Waals surface area (Å²) in [4.78, 5) is 22.9. The van der Waals surface area contributed by atoms with Crippen molar-refractivity contribution in [3.63, 3.8) is 0 Å². The molecule has 0 aliphatic heterocycles. The molecule has 0 atom stereocenters. The van der Waals surface area contributed by atoms with Crippen molar-refractivity contribution in [3.05, 3.63) is 0 Å². The molecular formula is C22H30F8O4. The molecule has 0 N–H and O–H groups in total. The van der Waals surface area contributed by atoms with Crippen molar-refractivity contribution in [2.75, 3.05) is 13.2 Å². The minimum atomic E-state index is -6.44. The molecule has 0 saturated heterocycles. The Morgan fingerprint density at radius 3 is 1.85 bits per heavy atom. The first-order valence-electron chi connectivity index (χ1n) is 11.0. The Balaban J connectivity index is 3.98. The molecule has 0 fully saturated rings. The van der Waals surface area contributed by atoms with E-state index in [1.54, 1.807) is 0 Å². The van der Waals surface area contributed by atoms with Gasteiger partial charge in [-0.15, -0.1) is 11.8 Å². The highest BCUT2D eigenvalue weighted by Gasteiger charge is 2.75. The summed E-state index contributed by atoms with van der Waals surface area (Å²) in [5, 5.41) is 0. The molecule has 0 bridgehead atoms. The second kappa shape index (κ2) is 15.8. The third-order valence-electron chi connectivity index (χ3n) is 4.59. The molecule has 0 amide bonds. The van der Waals surface area contributed by atoms with Gasteiger partial charge in [0.1, 0.15) is 0 Å². The summed E-state index contributed by atoms with van der Waals surface area (Å²) >= 11 is 0. The molecule has 0 spiro atoms. The highest BCUT2D eigenvalue weighted by Crippen LogP contribution is 2.48. The van der Waals surface area contributed by atoms with E-state index < -0.39 is 49.2 Å². The molecule has 198 valence electrons. The van der Waals surface area contributed by atoms with E-state index in [9.17, 15) is 44.7 Å². The number of hydrogen-bond acceptors (Lipinski definition) is 4. The van der Waals surface area contributed by atoms with Crippen LogP contribution in [0, 0.1) is 11.8 Å². The molecule has 12 heteroatoms. The summed E-state index contributed by atoms with van der Waals surface area (Å²) in [6.07, 6.45) is 1.08. The van der Waals surface area contributed by atoms with Gasteiger partial charge in [0.25, 0.3) is 0 Å². The maximum atomic E-state index is 13.3. The maximum absolute atomic E-state index is 13.3. The van der Waals surface area contributed by atoms with E-state index in [0.717, 1.165) is 44.9 Å². The standard InChI is InChI=1S/C22H30F8O4/c1-2-3-4-5-6-7-8-9-10-11-15-33-17(31)13-12-14-18(32)34-16-20(25,26)22(29,30)21(27,28)19(23)24/h19H,2,5-16H2,1H3. The number of rotatable bonds is 17. The van der Waals surface area contributed by atoms with Crippen LogP contribution in [0.15, 0.2) is 0 Å². The average molecular weight is 510 g/mol. The maximum Gasteiger partial charge on any atom is 0.381 e. The molecule has 0 saturated carbocycles. The van der Waals surface area contributed by atoms with Crippen LogP contribution in [-0.4, -0.2) is 49.3 Å². The Morgan fingerprint density at radius 1 is 0.765 bits per heavy atom. The molecule has 0 aliphatic rings. The van der Waals surface area contributed by atoms with E-state index >= 15 is 0 Å². The second-order valence-electron chi connectivity index (χ2n) is 7.52. The molecule has 0 rings (SSSR count). The molecule has 0 heterocycles. The normalized spacial score (nSPS) is 12.3. The number of unbranched alkanes of at least 4 members (excludes halogenated alkanes) is 6. The lowest BCUT2D eigenvalue weighted by Crippen LogP contribution is -2.59. The van der Waals surface area contributed by atoms with Crippen molar-refractivity contribution >= 4 is 11.9 Å². The summed E-state index contributed by atoms with van der Waals surface area (Å²) in [6.45, 7) is -0.371. The van der Waals surface area contributed by atoms with E-state index in [0.29, 0.717) is 6.42 Å². The van der Waals surface area contributed by atoms with E-state index in [2.05, 4.69) is 16.6 Å². The van der Waals surface area contributed by atoms with Gasteiger partial charge in [-0.05, 0) is 19.3 Å². The predicted octanol–water partition coefficient (Wildman–Crippen LogP) is 6.56. The molecule has 0 unspecified atom stereocenters. The number of hydrogen-bond donors (Lipinski definition) is 0. The van der Waals surface area contributed by atoms with Gasteiger partial charge in [0.05, 0.1) is 6.61 Å². The topological polar surface area (TPSA) is 52.6 Å². The SMILES string of the molecule is CCC#CCCCCCCCCOC(=O)CCCC(=O)OCC(F)(F)C(F)(F)C(F)(F)C(F)F. The molecule has 0 aromatic carbocycles. The number of carbonyl (C=O) groups is 2. The Bertz CT molecular complexity index is 672. The van der Waals surface area contributed by atoms with E-state index in [1.807, 2.05) is 6.92 Å². The molecule has 0 aromatic heterocycles. The van der Waals surface area contributed by atoms with Crippen molar-refractivity contribution in [2.45, 2.75) is 102 Å². The number of esters is 2. The Kier molecular flexibility index (Phi) is 14.8. The quantitative estimate of drug-likeness (QED) is 0.0963. The van der Waals surface area contributed by atoms with Crippen LogP contribution in [0.5, 0.6) is 0 Å². The number of alkyl halides is 8. The highest BCUT2D eigenvalue weighted by atomic mass is 19.4. The fourth-order valence-corrected chi connectivity index (χ4v) is 2.59. The van der Waals surface area contributed by atoms with Gasteiger partial charge in [0, 0.05) is 25.7 Å². The van der Waals surface area contributed by atoms with Gasteiger partial charge in [-0.2, -0.15) is 26.3 Å². The van der Waals surface area contributed by atoms with Gasteiger partial charge in [0.15, 0.2) is 6.61 Å². The first-order valence-corrected chi connectivity index (χ1v) is 11.0. The lowest BCUT2D eigenvalue weighted by atomic mass is 10.1. The van der Waals surface area contributed by atoms with Crippen LogP contribution in [0.2, 0.25) is 0 Å². The summed E-state index contributed by atoms with van der Waals surface area (Å²) in [7, 11) is 0. The van der Waals surface area contributed by atoms with Crippen LogP contribution < -0.4 is 0 Å². The summed E-state index contributed by atoms with van der Waals surface area (Å²) < 4.78 is 111. The highest BCUT2D eigenvalue weighted by molar-refractivity contribution is 5.72. The van der Waals surface area contributed by atoms with Gasteiger partial charge in [0.2, 0.25) is 0 Å². The van der Waals surface area contributed by atoms with Crippen molar-refractivity contribution in [1.29, 1.82) is 0 Å². The fourth-order valence-electron chi connectivity index (χ4n) is 2.59. The first-order chi connectivity index (χ1) is 15.8. The van der Waals surface area contributed by atoms with Gasteiger partial charge in [-0.3, -0.25) is 9.59 Å². The summed E-state index contributed by atoms with van der Waals surface area (Å²) in [5.41, 5.74) is 0. The van der Waals surface area contributed by atoms with Crippen LogP contribution in [0.1, 0.15) is 77.6 Å². The first kappa shape index (κ1) is 31.9. The minimum Gasteiger partial charge on any atom is -0.466 e. The van der Waals surface area contributed by atoms with Crippen LogP contribution in [0.25, 0.3) is 0 Å². The van der Waals surface area contributed by atoms with Crippen LogP contribution in [0.4, 0.5) is 35.1 Å². The summed E-state index contributed by atoms with van der Waals surface area (Å²) in [6, 6.07) is 0. The third-order valence-corrected chi connectivity index (χ3v) is 4.59. The molecular weight excluding hydrogens is 480 g/mol. The van der Waals surface area contributed by atoms with Gasteiger partial charge < -0.3 is 9.47 Å². The smallest absolute Gasteiger partial charge is 0.381 e. The number of carbonyl (C=O) groups excluding carboxylic acids is 2. The lowest BCUT2D eigenvalue weighted by molar-refractivity contribution is -0.344. The Hall–Kier alpha value is -2.06. The van der Waals surface area contributed by atoms with Crippen molar-refractivity contribution < 1.29 is 54.2 Å². The zero-order chi connectivity index (χ0) is 26.3. The molecule has 4 nitrogen and oxygen atoms in total. The summed E-state index contributed by atoms with van der Waals surface area (Å²) in [5.74, 6) is -14.6. The zero-order valence-corrected chi connectivity index (χ0v) is 18.9. The van der Waals surface area contributed by atoms with Gasteiger partial charge in [-0.25, -0.2) is 8.78 Å². The molecule has 0 aliphatic carbocycles. The number of halogens is 8.